The molecule has 1 aliphatic rings. The smallest absolute Gasteiger partial charge is 0.291 e. The van der Waals surface area contributed by atoms with Gasteiger partial charge in [0.15, 0.2) is 6.39 Å². The highest BCUT2D eigenvalue weighted by Gasteiger charge is 2.23. The first-order valence-corrected chi connectivity index (χ1v) is 8.67. The van der Waals surface area contributed by atoms with Gasteiger partial charge in [-0.3, -0.25) is 4.79 Å². The maximum absolute atomic E-state index is 12.9. The molecular formula is C18H22ClN3O2. The number of carbonyl (C=O) groups is 1. The monoisotopic (exact) mass is 347 g/mol. The number of amides is 1. The summed E-state index contributed by atoms with van der Waals surface area (Å²) in [5.41, 5.74) is 1.67. The van der Waals surface area contributed by atoms with Gasteiger partial charge in [-0.2, -0.15) is 0 Å². The molecule has 1 saturated heterocycles. The lowest BCUT2D eigenvalue weighted by molar-refractivity contribution is 0.0694. The second kappa shape index (κ2) is 7.81. The van der Waals surface area contributed by atoms with E-state index in [0.717, 1.165) is 25.2 Å². The van der Waals surface area contributed by atoms with Crippen LogP contribution in [-0.4, -0.2) is 46.9 Å². The van der Waals surface area contributed by atoms with Crippen LogP contribution in [0.3, 0.4) is 0 Å². The van der Waals surface area contributed by atoms with Crippen LogP contribution in [0.2, 0.25) is 5.02 Å². The molecule has 1 aliphatic heterocycles. The van der Waals surface area contributed by atoms with E-state index in [9.17, 15) is 4.79 Å². The number of rotatable bonds is 6. The number of aromatic nitrogens is 1. The van der Waals surface area contributed by atoms with Crippen molar-refractivity contribution < 1.29 is 9.21 Å². The Morgan fingerprint density at radius 3 is 2.62 bits per heavy atom. The summed E-state index contributed by atoms with van der Waals surface area (Å²) in [6, 6.07) is 7.59. The normalized spacial score (nSPS) is 14.9. The Labute approximate surface area is 147 Å². The quantitative estimate of drug-likeness (QED) is 0.803. The highest BCUT2D eigenvalue weighted by molar-refractivity contribution is 6.30. The lowest BCUT2D eigenvalue weighted by Gasteiger charge is -2.25. The van der Waals surface area contributed by atoms with E-state index in [0.29, 0.717) is 29.6 Å². The van der Waals surface area contributed by atoms with Crippen LogP contribution in [0.4, 0.5) is 0 Å². The molecule has 2 aromatic rings. The molecule has 0 N–H and O–H groups in total. The van der Waals surface area contributed by atoms with Gasteiger partial charge < -0.3 is 14.2 Å². The molecule has 2 heterocycles. The molecule has 128 valence electrons. The second-order valence-electron chi connectivity index (χ2n) is 6.17. The average Bonchev–Trinajstić information content (AvgIpc) is 3.24. The van der Waals surface area contributed by atoms with E-state index >= 15 is 0 Å². The zero-order chi connectivity index (χ0) is 16.9. The molecule has 0 saturated carbocycles. The van der Waals surface area contributed by atoms with Gasteiger partial charge in [-0.1, -0.05) is 23.7 Å². The van der Waals surface area contributed by atoms with Gasteiger partial charge in [-0.25, -0.2) is 4.98 Å². The van der Waals surface area contributed by atoms with Crippen molar-refractivity contribution in [1.82, 2.24) is 14.8 Å². The van der Waals surface area contributed by atoms with Gasteiger partial charge in [0.25, 0.3) is 5.91 Å². The molecule has 0 unspecified atom stereocenters. The standard InChI is InChI=1S/C18H22ClN3O2/c1-14-17(24-13-20-14)18(23)22(11-10-21-8-2-3-9-21)12-15-4-6-16(19)7-5-15/h4-7,13H,2-3,8-12H2,1H3. The fraction of sp³-hybridized carbons (Fsp3) is 0.444. The predicted octanol–water partition coefficient (Wildman–Crippen LogP) is 3.37. The molecule has 24 heavy (non-hydrogen) atoms. The first-order chi connectivity index (χ1) is 11.6. The minimum Gasteiger partial charge on any atom is -0.438 e. The van der Waals surface area contributed by atoms with Crippen LogP contribution in [-0.2, 0) is 6.54 Å². The molecule has 1 amide bonds. The van der Waals surface area contributed by atoms with Crippen LogP contribution in [0.1, 0.15) is 34.7 Å². The minimum absolute atomic E-state index is 0.112. The van der Waals surface area contributed by atoms with Gasteiger partial charge in [-0.05, 0) is 50.6 Å². The molecule has 0 bridgehead atoms. The summed E-state index contributed by atoms with van der Waals surface area (Å²) in [4.78, 5) is 21.1. The zero-order valence-electron chi connectivity index (χ0n) is 13.9. The summed E-state index contributed by atoms with van der Waals surface area (Å²) < 4.78 is 5.30. The van der Waals surface area contributed by atoms with E-state index in [-0.39, 0.29) is 5.91 Å². The Kier molecular flexibility index (Phi) is 5.53. The van der Waals surface area contributed by atoms with Gasteiger partial charge in [0.2, 0.25) is 5.76 Å². The molecule has 0 atom stereocenters. The van der Waals surface area contributed by atoms with Crippen molar-refractivity contribution >= 4 is 17.5 Å². The molecule has 0 spiro atoms. The Hall–Kier alpha value is -1.85. The topological polar surface area (TPSA) is 49.6 Å². The average molecular weight is 348 g/mol. The molecule has 1 aromatic heterocycles. The van der Waals surface area contributed by atoms with Crippen molar-refractivity contribution in [2.75, 3.05) is 26.2 Å². The van der Waals surface area contributed by atoms with Crippen LogP contribution >= 0.6 is 11.6 Å². The Bertz CT molecular complexity index is 678. The van der Waals surface area contributed by atoms with Gasteiger partial charge in [-0.15, -0.1) is 0 Å². The summed E-state index contributed by atoms with van der Waals surface area (Å²) in [5.74, 6) is 0.213. The molecule has 3 rings (SSSR count). The zero-order valence-corrected chi connectivity index (χ0v) is 14.6. The molecule has 6 heteroatoms. The van der Waals surface area contributed by atoms with Crippen molar-refractivity contribution in [3.63, 3.8) is 0 Å². The number of halogens is 1. The third kappa shape index (κ3) is 4.16. The first-order valence-electron chi connectivity index (χ1n) is 8.29. The maximum Gasteiger partial charge on any atom is 0.291 e. The van der Waals surface area contributed by atoms with E-state index in [1.807, 2.05) is 29.2 Å². The third-order valence-electron chi connectivity index (χ3n) is 4.40. The summed E-state index contributed by atoms with van der Waals surface area (Å²) in [6.07, 6.45) is 3.81. The van der Waals surface area contributed by atoms with E-state index in [4.69, 9.17) is 16.0 Å². The van der Waals surface area contributed by atoms with E-state index in [1.165, 1.54) is 19.2 Å². The van der Waals surface area contributed by atoms with Gasteiger partial charge >= 0.3 is 0 Å². The predicted molar refractivity (Wildman–Crippen MR) is 93.1 cm³/mol. The van der Waals surface area contributed by atoms with E-state index < -0.39 is 0 Å². The Morgan fingerprint density at radius 2 is 2.00 bits per heavy atom. The van der Waals surface area contributed by atoms with Crippen LogP contribution in [0.25, 0.3) is 0 Å². The van der Waals surface area contributed by atoms with Crippen LogP contribution < -0.4 is 0 Å². The summed E-state index contributed by atoms with van der Waals surface area (Å²) in [7, 11) is 0. The van der Waals surface area contributed by atoms with E-state index in [2.05, 4.69) is 9.88 Å². The van der Waals surface area contributed by atoms with Gasteiger partial charge in [0.05, 0.1) is 5.69 Å². The number of oxazole rings is 1. The highest BCUT2D eigenvalue weighted by atomic mass is 35.5. The fourth-order valence-electron chi connectivity index (χ4n) is 2.98. The summed E-state index contributed by atoms with van der Waals surface area (Å²) in [5, 5.41) is 0.694. The van der Waals surface area contributed by atoms with Gasteiger partial charge in [0, 0.05) is 24.7 Å². The largest absolute Gasteiger partial charge is 0.438 e. The third-order valence-corrected chi connectivity index (χ3v) is 4.65. The lowest BCUT2D eigenvalue weighted by Crippen LogP contribution is -2.37. The van der Waals surface area contributed by atoms with E-state index in [1.54, 1.807) is 6.92 Å². The Balaban J connectivity index is 1.73. The Morgan fingerprint density at radius 1 is 1.29 bits per heavy atom. The highest BCUT2D eigenvalue weighted by Crippen LogP contribution is 2.16. The number of benzene rings is 1. The number of carbonyl (C=O) groups excluding carboxylic acids is 1. The van der Waals surface area contributed by atoms with Crippen LogP contribution in [0.5, 0.6) is 0 Å². The minimum atomic E-state index is -0.112. The van der Waals surface area contributed by atoms with Crippen molar-refractivity contribution in [1.29, 1.82) is 0 Å². The molecule has 1 fully saturated rings. The van der Waals surface area contributed by atoms with Crippen molar-refractivity contribution in [2.24, 2.45) is 0 Å². The van der Waals surface area contributed by atoms with Crippen LogP contribution in [0.15, 0.2) is 35.1 Å². The van der Waals surface area contributed by atoms with Crippen molar-refractivity contribution in [3.8, 4) is 0 Å². The van der Waals surface area contributed by atoms with Gasteiger partial charge in [0.1, 0.15) is 0 Å². The number of nitrogens with zero attached hydrogens (tertiary/aromatic N) is 3. The van der Waals surface area contributed by atoms with Crippen molar-refractivity contribution in [2.45, 2.75) is 26.3 Å². The lowest BCUT2D eigenvalue weighted by atomic mass is 10.2. The fourth-order valence-corrected chi connectivity index (χ4v) is 3.11. The number of aryl methyl sites for hydroxylation is 1. The van der Waals surface area contributed by atoms with Crippen LogP contribution in [0, 0.1) is 6.92 Å². The number of likely N-dealkylation sites (tertiary alicyclic amines) is 1. The molecular weight excluding hydrogens is 326 g/mol. The number of hydrogen-bond acceptors (Lipinski definition) is 4. The first kappa shape index (κ1) is 17.0. The summed E-state index contributed by atoms with van der Waals surface area (Å²) in [6.45, 7) is 6.10. The molecule has 0 aliphatic carbocycles. The summed E-state index contributed by atoms with van der Waals surface area (Å²) >= 11 is 5.95. The molecule has 5 nitrogen and oxygen atoms in total. The second-order valence-corrected chi connectivity index (χ2v) is 6.61. The maximum atomic E-state index is 12.9. The SMILES string of the molecule is Cc1ncoc1C(=O)N(CCN1CCCC1)Cc1ccc(Cl)cc1. The number of hydrogen-bond donors (Lipinski definition) is 0. The van der Waals surface area contributed by atoms with Crippen molar-refractivity contribution in [3.05, 3.63) is 52.7 Å². The molecule has 0 radical (unpaired) electrons. The molecule has 1 aromatic carbocycles.